The van der Waals surface area contributed by atoms with Crippen LogP contribution in [-0.4, -0.2) is 13.1 Å². The molecule has 0 aromatic heterocycles. The van der Waals surface area contributed by atoms with Gasteiger partial charge in [-0.25, -0.2) is 0 Å². The number of para-hydroxylation sites is 1. The first-order chi connectivity index (χ1) is 6.88. The van der Waals surface area contributed by atoms with E-state index in [0.717, 1.165) is 0 Å². The number of benzene rings is 1. The third-order valence-electron chi connectivity index (χ3n) is 2.89. The van der Waals surface area contributed by atoms with E-state index in [1.807, 2.05) is 0 Å². The monoisotopic (exact) mass is 187 g/mol. The summed E-state index contributed by atoms with van der Waals surface area (Å²) in [4.78, 5) is 2.36. The highest BCUT2D eigenvalue weighted by atomic mass is 15.1. The van der Waals surface area contributed by atoms with Gasteiger partial charge in [0.25, 0.3) is 0 Å². The average molecular weight is 187 g/mol. The Hall–Kier alpha value is -1.24. The maximum Gasteiger partial charge on any atom is 0.0469 e. The van der Waals surface area contributed by atoms with E-state index < -0.39 is 0 Å². The smallest absolute Gasteiger partial charge is 0.0469 e. The van der Waals surface area contributed by atoms with E-state index in [2.05, 4.69) is 54.4 Å². The predicted octanol–water partition coefficient (Wildman–Crippen LogP) is 3.23. The Kier molecular flexibility index (Phi) is 2.87. The van der Waals surface area contributed by atoms with E-state index in [-0.39, 0.29) is 0 Å². The molecule has 1 nitrogen and oxygen atoms in total. The lowest BCUT2D eigenvalue weighted by Gasteiger charge is -2.29. The maximum absolute atomic E-state index is 2.36. The van der Waals surface area contributed by atoms with Crippen LogP contribution >= 0.6 is 0 Å². The highest BCUT2D eigenvalue weighted by Gasteiger charge is 2.13. The van der Waals surface area contributed by atoms with Gasteiger partial charge < -0.3 is 4.90 Å². The van der Waals surface area contributed by atoms with Crippen LogP contribution in [0.15, 0.2) is 42.5 Å². The molecule has 1 unspecified atom stereocenters. The van der Waals surface area contributed by atoms with Crippen LogP contribution in [0.3, 0.4) is 0 Å². The molecule has 1 aliphatic carbocycles. The number of hydrogen-bond donors (Lipinski definition) is 0. The first kappa shape index (κ1) is 9.32. The van der Waals surface area contributed by atoms with Crippen molar-refractivity contribution in [2.45, 2.75) is 25.3 Å². The van der Waals surface area contributed by atoms with E-state index in [1.165, 1.54) is 24.9 Å². The second kappa shape index (κ2) is 4.32. The zero-order valence-corrected chi connectivity index (χ0v) is 8.69. The SMILES string of the molecule is CN(c1ccccc1)C1C=CCCC1. The van der Waals surface area contributed by atoms with Crippen molar-refractivity contribution in [1.29, 1.82) is 0 Å². The molecular weight excluding hydrogens is 170 g/mol. The molecule has 14 heavy (non-hydrogen) atoms. The Bertz CT molecular complexity index is 302. The molecule has 1 heteroatoms. The van der Waals surface area contributed by atoms with E-state index in [4.69, 9.17) is 0 Å². The van der Waals surface area contributed by atoms with Gasteiger partial charge in [-0.2, -0.15) is 0 Å². The summed E-state index contributed by atoms with van der Waals surface area (Å²) in [5, 5.41) is 0. The summed E-state index contributed by atoms with van der Waals surface area (Å²) in [6.45, 7) is 0. The van der Waals surface area contributed by atoms with E-state index >= 15 is 0 Å². The van der Waals surface area contributed by atoms with Gasteiger partial charge in [0.1, 0.15) is 0 Å². The van der Waals surface area contributed by atoms with Crippen LogP contribution in [0.5, 0.6) is 0 Å². The molecule has 0 fully saturated rings. The Morgan fingerprint density at radius 3 is 2.64 bits per heavy atom. The van der Waals surface area contributed by atoms with E-state index in [0.29, 0.717) is 6.04 Å². The number of anilines is 1. The van der Waals surface area contributed by atoms with Crippen molar-refractivity contribution in [2.24, 2.45) is 0 Å². The summed E-state index contributed by atoms with van der Waals surface area (Å²) >= 11 is 0. The van der Waals surface area contributed by atoms with Crippen molar-refractivity contribution < 1.29 is 0 Å². The fourth-order valence-electron chi connectivity index (χ4n) is 1.97. The lowest BCUT2D eigenvalue weighted by atomic mass is 10.0. The summed E-state index contributed by atoms with van der Waals surface area (Å²) in [5.74, 6) is 0. The molecule has 0 radical (unpaired) electrons. The van der Waals surface area contributed by atoms with Crippen molar-refractivity contribution in [1.82, 2.24) is 0 Å². The first-order valence-corrected chi connectivity index (χ1v) is 5.32. The lowest BCUT2D eigenvalue weighted by molar-refractivity contribution is 0.617. The van der Waals surface area contributed by atoms with Crippen LogP contribution in [0.1, 0.15) is 19.3 Å². The minimum absolute atomic E-state index is 0.589. The third-order valence-corrected chi connectivity index (χ3v) is 2.89. The Morgan fingerprint density at radius 2 is 2.00 bits per heavy atom. The summed E-state index contributed by atoms with van der Waals surface area (Å²) < 4.78 is 0. The lowest BCUT2D eigenvalue weighted by Crippen LogP contribution is -2.30. The zero-order chi connectivity index (χ0) is 9.80. The van der Waals surface area contributed by atoms with Crippen molar-refractivity contribution in [2.75, 3.05) is 11.9 Å². The van der Waals surface area contributed by atoms with Crippen LogP contribution in [0, 0.1) is 0 Å². The highest BCUT2D eigenvalue weighted by Crippen LogP contribution is 2.21. The van der Waals surface area contributed by atoms with Crippen LogP contribution in [-0.2, 0) is 0 Å². The fraction of sp³-hybridized carbons (Fsp3) is 0.385. The molecular formula is C13H17N. The first-order valence-electron chi connectivity index (χ1n) is 5.32. The zero-order valence-electron chi connectivity index (χ0n) is 8.69. The van der Waals surface area contributed by atoms with Gasteiger partial charge in [0.2, 0.25) is 0 Å². The summed E-state index contributed by atoms with van der Waals surface area (Å²) in [6, 6.07) is 11.2. The number of allylic oxidation sites excluding steroid dienone is 1. The van der Waals surface area contributed by atoms with Crippen LogP contribution in [0.2, 0.25) is 0 Å². The Balaban J connectivity index is 2.11. The predicted molar refractivity (Wildman–Crippen MR) is 61.6 cm³/mol. The second-order valence-corrected chi connectivity index (χ2v) is 3.87. The van der Waals surface area contributed by atoms with Crippen LogP contribution < -0.4 is 4.90 Å². The molecule has 0 aliphatic heterocycles. The van der Waals surface area contributed by atoms with Gasteiger partial charge >= 0.3 is 0 Å². The molecule has 2 rings (SSSR count). The van der Waals surface area contributed by atoms with E-state index in [9.17, 15) is 0 Å². The molecule has 1 atom stereocenters. The molecule has 1 aliphatic rings. The van der Waals surface area contributed by atoms with Gasteiger partial charge in [-0.05, 0) is 31.4 Å². The highest BCUT2D eigenvalue weighted by molar-refractivity contribution is 5.47. The number of rotatable bonds is 2. The van der Waals surface area contributed by atoms with Gasteiger partial charge in [-0.1, -0.05) is 30.4 Å². The standard InChI is InChI=1S/C13H17N/c1-14(12-8-4-2-5-9-12)13-10-6-3-7-11-13/h2,4-6,8-10,13H,3,7,11H2,1H3. The quantitative estimate of drug-likeness (QED) is 0.642. The third kappa shape index (κ3) is 1.98. The molecule has 0 N–H and O–H groups in total. The van der Waals surface area contributed by atoms with Crippen LogP contribution in [0.4, 0.5) is 5.69 Å². The minimum Gasteiger partial charge on any atom is -0.368 e. The molecule has 0 saturated heterocycles. The molecule has 1 aromatic carbocycles. The van der Waals surface area contributed by atoms with Gasteiger partial charge in [0.15, 0.2) is 0 Å². The van der Waals surface area contributed by atoms with Crippen molar-refractivity contribution in [3.8, 4) is 0 Å². The summed E-state index contributed by atoms with van der Waals surface area (Å²) in [5.41, 5.74) is 1.31. The molecule has 0 spiro atoms. The largest absolute Gasteiger partial charge is 0.368 e. The number of nitrogens with zero attached hydrogens (tertiary/aromatic N) is 1. The Labute approximate surface area is 86.1 Å². The number of hydrogen-bond acceptors (Lipinski definition) is 1. The van der Waals surface area contributed by atoms with Crippen LogP contribution in [0.25, 0.3) is 0 Å². The van der Waals surface area contributed by atoms with Gasteiger partial charge in [-0.3, -0.25) is 0 Å². The van der Waals surface area contributed by atoms with Crippen molar-refractivity contribution in [3.63, 3.8) is 0 Å². The van der Waals surface area contributed by atoms with Gasteiger partial charge in [0.05, 0.1) is 0 Å². The second-order valence-electron chi connectivity index (χ2n) is 3.87. The maximum atomic E-state index is 2.36. The van der Waals surface area contributed by atoms with Crippen molar-refractivity contribution in [3.05, 3.63) is 42.5 Å². The normalized spacial score (nSPS) is 20.8. The minimum atomic E-state index is 0.589. The van der Waals surface area contributed by atoms with Crippen molar-refractivity contribution >= 4 is 5.69 Å². The molecule has 74 valence electrons. The molecule has 0 amide bonds. The van der Waals surface area contributed by atoms with Gasteiger partial charge in [0, 0.05) is 18.8 Å². The molecule has 0 saturated carbocycles. The fourth-order valence-corrected chi connectivity index (χ4v) is 1.97. The average Bonchev–Trinajstić information content (AvgIpc) is 2.30. The summed E-state index contributed by atoms with van der Waals surface area (Å²) in [7, 11) is 2.18. The van der Waals surface area contributed by atoms with Gasteiger partial charge in [-0.15, -0.1) is 0 Å². The Morgan fingerprint density at radius 1 is 1.21 bits per heavy atom. The molecule has 1 aromatic rings. The van der Waals surface area contributed by atoms with E-state index in [1.54, 1.807) is 0 Å². The molecule has 0 heterocycles. The topological polar surface area (TPSA) is 3.24 Å². The molecule has 0 bridgehead atoms. The number of likely N-dealkylation sites (N-methyl/N-ethyl adjacent to an activating group) is 1. The summed E-state index contributed by atoms with van der Waals surface area (Å²) in [6.07, 6.45) is 8.48.